The van der Waals surface area contributed by atoms with E-state index in [0.717, 1.165) is 35.1 Å². The molecule has 1 fully saturated rings. The summed E-state index contributed by atoms with van der Waals surface area (Å²) in [5, 5.41) is 14.5. The summed E-state index contributed by atoms with van der Waals surface area (Å²) in [5.41, 5.74) is 4.49. The smallest absolute Gasteiger partial charge is 0.407 e. The minimum atomic E-state index is -1.05. The van der Waals surface area contributed by atoms with Crippen molar-refractivity contribution in [2.45, 2.75) is 50.6 Å². The third kappa shape index (κ3) is 4.77. The lowest BCUT2D eigenvalue weighted by Gasteiger charge is -2.21. The van der Waals surface area contributed by atoms with Crippen LogP contribution in [0.3, 0.4) is 0 Å². The van der Waals surface area contributed by atoms with E-state index in [-0.39, 0.29) is 12.5 Å². The standard InChI is InChI=1S/C25H28N2O5/c1-2-21(23(28)26-22(24(29)30)13-15-11-12-15)27-25(31)32-14-20-18-9-5-3-7-16(18)17-8-4-6-10-19(17)20/h3-10,15,20-22H,2,11-14H2,1H3,(H,26,28)(H,27,31)(H,29,30)/t21-,22?/m1/s1. The van der Waals surface area contributed by atoms with E-state index in [9.17, 15) is 19.5 Å². The Morgan fingerprint density at radius 1 is 0.969 bits per heavy atom. The molecular weight excluding hydrogens is 408 g/mol. The van der Waals surface area contributed by atoms with Gasteiger partial charge in [0.15, 0.2) is 0 Å². The molecule has 0 heterocycles. The first-order valence-corrected chi connectivity index (χ1v) is 11.1. The van der Waals surface area contributed by atoms with Crippen LogP contribution < -0.4 is 10.6 Å². The van der Waals surface area contributed by atoms with Crippen LogP contribution >= 0.6 is 0 Å². The van der Waals surface area contributed by atoms with Crippen molar-refractivity contribution in [2.24, 2.45) is 5.92 Å². The molecule has 2 aromatic rings. The summed E-state index contributed by atoms with van der Waals surface area (Å²) in [6, 6.07) is 14.3. The molecule has 7 heteroatoms. The maximum atomic E-state index is 12.6. The summed E-state index contributed by atoms with van der Waals surface area (Å²) >= 11 is 0. The Kier molecular flexibility index (Phi) is 6.44. The van der Waals surface area contributed by atoms with Crippen molar-refractivity contribution in [3.63, 3.8) is 0 Å². The number of nitrogens with one attached hydrogen (secondary N) is 2. The highest BCUT2D eigenvalue weighted by Crippen LogP contribution is 2.44. The zero-order valence-corrected chi connectivity index (χ0v) is 18.0. The average molecular weight is 437 g/mol. The molecule has 32 heavy (non-hydrogen) atoms. The summed E-state index contributed by atoms with van der Waals surface area (Å²) in [4.78, 5) is 36.5. The molecule has 0 aliphatic heterocycles. The highest BCUT2D eigenvalue weighted by Gasteiger charge is 2.33. The van der Waals surface area contributed by atoms with Gasteiger partial charge in [-0.15, -0.1) is 0 Å². The van der Waals surface area contributed by atoms with E-state index in [2.05, 4.69) is 22.8 Å². The van der Waals surface area contributed by atoms with Crippen molar-refractivity contribution in [3.8, 4) is 11.1 Å². The summed E-state index contributed by atoms with van der Waals surface area (Å²) in [7, 11) is 0. The molecule has 0 aromatic heterocycles. The molecule has 2 aromatic carbocycles. The van der Waals surface area contributed by atoms with Crippen LogP contribution in [0.1, 0.15) is 49.7 Å². The Bertz CT molecular complexity index is 971. The molecule has 1 saturated carbocycles. The maximum absolute atomic E-state index is 12.6. The van der Waals surface area contributed by atoms with Gasteiger partial charge in [0.25, 0.3) is 0 Å². The number of carbonyl (C=O) groups excluding carboxylic acids is 2. The number of rotatable bonds is 9. The van der Waals surface area contributed by atoms with E-state index < -0.39 is 30.1 Å². The van der Waals surface area contributed by atoms with Crippen molar-refractivity contribution in [1.82, 2.24) is 10.6 Å². The summed E-state index contributed by atoms with van der Waals surface area (Å²) in [6.07, 6.45) is 2.04. The van der Waals surface area contributed by atoms with Crippen molar-refractivity contribution in [1.29, 1.82) is 0 Å². The van der Waals surface area contributed by atoms with Crippen molar-refractivity contribution >= 4 is 18.0 Å². The van der Waals surface area contributed by atoms with Crippen LogP contribution in [-0.4, -0.2) is 41.8 Å². The van der Waals surface area contributed by atoms with Gasteiger partial charge in [0.1, 0.15) is 18.7 Å². The molecule has 2 aliphatic rings. The molecule has 7 nitrogen and oxygen atoms in total. The fourth-order valence-corrected chi connectivity index (χ4v) is 4.32. The van der Waals surface area contributed by atoms with Crippen LogP contribution in [0.15, 0.2) is 48.5 Å². The topological polar surface area (TPSA) is 105 Å². The van der Waals surface area contributed by atoms with Crippen molar-refractivity contribution < 1.29 is 24.2 Å². The number of aliphatic carboxylic acids is 1. The molecule has 3 N–H and O–H groups in total. The lowest BCUT2D eigenvalue weighted by molar-refractivity contribution is -0.142. The van der Waals surface area contributed by atoms with Gasteiger partial charge in [0.05, 0.1) is 0 Å². The molecule has 4 rings (SSSR count). The van der Waals surface area contributed by atoms with Gasteiger partial charge in [-0.1, -0.05) is 68.3 Å². The number of carboxylic acids is 1. The van der Waals surface area contributed by atoms with Crippen LogP contribution in [0.2, 0.25) is 0 Å². The monoisotopic (exact) mass is 436 g/mol. The number of amides is 2. The third-order valence-corrected chi connectivity index (χ3v) is 6.24. The second-order valence-corrected chi connectivity index (χ2v) is 8.51. The molecule has 0 bridgehead atoms. The first-order valence-electron chi connectivity index (χ1n) is 11.1. The van der Waals surface area contributed by atoms with Gasteiger partial charge >= 0.3 is 12.1 Å². The number of ether oxygens (including phenoxy) is 1. The van der Waals surface area contributed by atoms with Crippen LogP contribution in [0, 0.1) is 5.92 Å². The Morgan fingerprint density at radius 3 is 2.09 bits per heavy atom. The Hall–Kier alpha value is -3.35. The highest BCUT2D eigenvalue weighted by molar-refractivity contribution is 5.89. The van der Waals surface area contributed by atoms with Crippen LogP contribution in [0.5, 0.6) is 0 Å². The van der Waals surface area contributed by atoms with E-state index in [1.807, 2.05) is 36.4 Å². The van der Waals surface area contributed by atoms with E-state index in [1.54, 1.807) is 6.92 Å². The molecular formula is C25H28N2O5. The third-order valence-electron chi connectivity index (χ3n) is 6.24. The molecule has 2 aliphatic carbocycles. The van der Waals surface area contributed by atoms with E-state index in [0.29, 0.717) is 18.8 Å². The second-order valence-electron chi connectivity index (χ2n) is 8.51. The summed E-state index contributed by atoms with van der Waals surface area (Å²) in [6.45, 7) is 1.90. The second kappa shape index (κ2) is 9.42. The summed E-state index contributed by atoms with van der Waals surface area (Å²) < 4.78 is 5.50. The quantitative estimate of drug-likeness (QED) is 0.556. The number of benzene rings is 2. The van der Waals surface area contributed by atoms with E-state index >= 15 is 0 Å². The minimum Gasteiger partial charge on any atom is -0.480 e. The molecule has 1 unspecified atom stereocenters. The van der Waals surface area contributed by atoms with Gasteiger partial charge in [0.2, 0.25) is 5.91 Å². The number of hydrogen-bond donors (Lipinski definition) is 3. The number of carbonyl (C=O) groups is 3. The lowest BCUT2D eigenvalue weighted by Crippen LogP contribution is -2.51. The number of carboxylic acid groups (broad SMARTS) is 1. The molecule has 2 atom stereocenters. The lowest BCUT2D eigenvalue weighted by atomic mass is 9.98. The molecule has 2 amide bonds. The van der Waals surface area contributed by atoms with Crippen LogP contribution in [0.25, 0.3) is 11.1 Å². The molecule has 168 valence electrons. The minimum absolute atomic E-state index is 0.0722. The molecule has 0 radical (unpaired) electrons. The summed E-state index contributed by atoms with van der Waals surface area (Å²) in [5.74, 6) is -1.28. The predicted molar refractivity (Wildman–Crippen MR) is 119 cm³/mol. The highest BCUT2D eigenvalue weighted by atomic mass is 16.5. The molecule has 0 spiro atoms. The fourth-order valence-electron chi connectivity index (χ4n) is 4.32. The normalized spacial score (nSPS) is 16.4. The van der Waals surface area contributed by atoms with Gasteiger partial charge in [-0.2, -0.15) is 0 Å². The Morgan fingerprint density at radius 2 is 1.56 bits per heavy atom. The van der Waals surface area contributed by atoms with Crippen molar-refractivity contribution in [2.75, 3.05) is 6.61 Å². The fraction of sp³-hybridized carbons (Fsp3) is 0.400. The van der Waals surface area contributed by atoms with Gasteiger partial charge in [-0.3, -0.25) is 4.79 Å². The Balaban J connectivity index is 1.35. The first-order chi connectivity index (χ1) is 15.5. The number of hydrogen-bond acceptors (Lipinski definition) is 4. The Labute approximate surface area is 187 Å². The van der Waals surface area contributed by atoms with Crippen LogP contribution in [0.4, 0.5) is 4.79 Å². The first kappa shape index (κ1) is 21.9. The maximum Gasteiger partial charge on any atom is 0.407 e. The zero-order chi connectivity index (χ0) is 22.7. The largest absolute Gasteiger partial charge is 0.480 e. The predicted octanol–water partition coefficient (Wildman–Crippen LogP) is 3.67. The molecule has 0 saturated heterocycles. The average Bonchev–Trinajstić information content (AvgIpc) is 3.56. The van der Waals surface area contributed by atoms with Gasteiger partial charge < -0.3 is 20.5 Å². The van der Waals surface area contributed by atoms with Gasteiger partial charge in [-0.05, 0) is 41.0 Å². The zero-order valence-electron chi connectivity index (χ0n) is 18.0. The van der Waals surface area contributed by atoms with Gasteiger partial charge in [0, 0.05) is 5.92 Å². The SMILES string of the molecule is CC[C@@H](NC(=O)OCC1c2ccccc2-c2ccccc21)C(=O)NC(CC1CC1)C(=O)O. The van der Waals surface area contributed by atoms with Crippen LogP contribution in [-0.2, 0) is 14.3 Å². The van der Waals surface area contributed by atoms with E-state index in [1.165, 1.54) is 0 Å². The number of fused-ring (bicyclic) bond motifs is 3. The van der Waals surface area contributed by atoms with E-state index in [4.69, 9.17) is 4.74 Å². The van der Waals surface area contributed by atoms with Gasteiger partial charge in [-0.25, -0.2) is 9.59 Å². The number of alkyl carbamates (subject to hydrolysis) is 1. The van der Waals surface area contributed by atoms with Crippen molar-refractivity contribution in [3.05, 3.63) is 59.7 Å².